The van der Waals surface area contributed by atoms with Gasteiger partial charge in [0.2, 0.25) is 0 Å². The van der Waals surface area contributed by atoms with E-state index in [1.807, 2.05) is 6.20 Å². The van der Waals surface area contributed by atoms with Crippen molar-refractivity contribution in [1.29, 1.82) is 0 Å². The molecule has 1 saturated heterocycles. The fraction of sp³-hybridized carbons (Fsp3) is 0.688. The quantitative estimate of drug-likeness (QED) is 0.415. The Hall–Kier alpha value is -1.92. The topological polar surface area (TPSA) is 64.4 Å². The predicted molar refractivity (Wildman–Crippen MR) is 150 cm³/mol. The molecule has 2 aromatic rings. The van der Waals surface area contributed by atoms with Crippen LogP contribution in [0.15, 0.2) is 41.4 Å². The van der Waals surface area contributed by atoms with Gasteiger partial charge in [0.25, 0.3) is 0 Å². The molecule has 7 rings (SSSR count). The van der Waals surface area contributed by atoms with Crippen LogP contribution in [0.2, 0.25) is 0 Å². The van der Waals surface area contributed by atoms with Crippen molar-refractivity contribution >= 4 is 17.3 Å². The van der Waals surface area contributed by atoms with Crippen LogP contribution in [0.4, 0.5) is 0 Å². The number of nitrogens with zero attached hydrogens (tertiary/aromatic N) is 2. The second-order valence-corrected chi connectivity index (χ2v) is 15.2. The molecule has 3 heterocycles. The van der Waals surface area contributed by atoms with Crippen molar-refractivity contribution in [2.24, 2.45) is 45.3 Å². The smallest absolute Gasteiger partial charge is 0.307 e. The SMILES string of the molecule is CC1CCC2(C)C3CCC4C5(C)COCC4(CC(n4nccc4-c4cccs4)C5)C3=CCC2(C)C1C(=O)O. The Labute approximate surface area is 230 Å². The molecule has 4 fully saturated rings. The first-order valence-corrected chi connectivity index (χ1v) is 15.6. The van der Waals surface area contributed by atoms with Crippen LogP contribution in [0.25, 0.3) is 10.6 Å². The van der Waals surface area contributed by atoms with E-state index in [4.69, 9.17) is 9.84 Å². The third kappa shape index (κ3) is 3.13. The van der Waals surface area contributed by atoms with Crippen LogP contribution in [-0.2, 0) is 9.53 Å². The summed E-state index contributed by atoms with van der Waals surface area (Å²) < 4.78 is 8.85. The summed E-state index contributed by atoms with van der Waals surface area (Å²) in [5, 5.41) is 17.4. The van der Waals surface area contributed by atoms with Crippen LogP contribution >= 0.6 is 11.3 Å². The Morgan fingerprint density at radius 1 is 1.13 bits per heavy atom. The first kappa shape index (κ1) is 25.1. The number of fused-ring (bicyclic) bond motifs is 3. The van der Waals surface area contributed by atoms with Gasteiger partial charge in [0.15, 0.2) is 0 Å². The Balaban J connectivity index is 1.33. The number of hydrogen-bond acceptors (Lipinski definition) is 4. The number of rotatable bonds is 3. The maximum absolute atomic E-state index is 12.6. The standard InChI is InChI=1S/C32H42N2O3S/c1-20-9-12-30(3)22-7-8-26-29(2)16-21(34-24(11-14-33-34)25-6-5-15-38-25)17-32(26,19-37-18-29)23(22)10-13-31(30,4)27(20)28(35)36/h5-6,10-11,14-15,20-22,26-27H,7-9,12-13,16-19H2,1-4H3,(H,35,36). The molecule has 3 saturated carbocycles. The van der Waals surface area contributed by atoms with Crippen LogP contribution in [0.5, 0.6) is 0 Å². The van der Waals surface area contributed by atoms with Crippen molar-refractivity contribution in [3.8, 4) is 10.6 Å². The van der Waals surface area contributed by atoms with E-state index < -0.39 is 5.97 Å². The van der Waals surface area contributed by atoms with Gasteiger partial charge in [0.05, 0.1) is 35.7 Å². The molecule has 1 N–H and O–H groups in total. The molecular weight excluding hydrogens is 492 g/mol. The molecule has 5 nitrogen and oxygen atoms in total. The fourth-order valence-electron chi connectivity index (χ4n) is 10.8. The van der Waals surface area contributed by atoms with Gasteiger partial charge in [-0.05, 0) is 96.5 Å². The lowest BCUT2D eigenvalue weighted by atomic mass is 9.36. The van der Waals surface area contributed by atoms with E-state index >= 15 is 0 Å². The molecule has 9 atom stereocenters. The number of aliphatic carboxylic acids is 1. The molecule has 6 heteroatoms. The highest BCUT2D eigenvalue weighted by Crippen LogP contribution is 2.73. The normalized spacial score (nSPS) is 45.9. The molecule has 9 unspecified atom stereocenters. The molecule has 5 aliphatic rings. The Kier molecular flexibility index (Phi) is 5.47. The first-order chi connectivity index (χ1) is 18.1. The van der Waals surface area contributed by atoms with E-state index in [9.17, 15) is 9.90 Å². The molecule has 2 bridgehead atoms. The molecule has 0 radical (unpaired) electrons. The van der Waals surface area contributed by atoms with Gasteiger partial charge in [-0.1, -0.05) is 45.4 Å². The average molecular weight is 535 g/mol. The van der Waals surface area contributed by atoms with Crippen LogP contribution in [-0.4, -0.2) is 34.1 Å². The highest BCUT2D eigenvalue weighted by molar-refractivity contribution is 7.13. The van der Waals surface area contributed by atoms with Gasteiger partial charge in [-0.15, -0.1) is 11.3 Å². The lowest BCUT2D eigenvalue weighted by Gasteiger charge is -2.69. The van der Waals surface area contributed by atoms with Crippen LogP contribution in [0.3, 0.4) is 0 Å². The number of aromatic nitrogens is 2. The van der Waals surface area contributed by atoms with Gasteiger partial charge in [-0.2, -0.15) is 5.10 Å². The van der Waals surface area contributed by atoms with Gasteiger partial charge in [0.1, 0.15) is 0 Å². The number of carboxylic acid groups (broad SMARTS) is 1. The van der Waals surface area contributed by atoms with E-state index in [0.29, 0.717) is 17.9 Å². The fourth-order valence-corrected chi connectivity index (χ4v) is 11.5. The van der Waals surface area contributed by atoms with E-state index in [1.165, 1.54) is 23.4 Å². The monoisotopic (exact) mass is 534 g/mol. The summed E-state index contributed by atoms with van der Waals surface area (Å²) in [6.07, 6.45) is 12.1. The zero-order valence-corrected chi connectivity index (χ0v) is 24.1. The first-order valence-electron chi connectivity index (χ1n) is 14.7. The largest absolute Gasteiger partial charge is 0.481 e. The van der Waals surface area contributed by atoms with Gasteiger partial charge >= 0.3 is 5.97 Å². The van der Waals surface area contributed by atoms with E-state index in [0.717, 1.165) is 45.3 Å². The van der Waals surface area contributed by atoms with Crippen LogP contribution in [0.1, 0.15) is 78.7 Å². The van der Waals surface area contributed by atoms with E-state index in [2.05, 4.69) is 62.0 Å². The van der Waals surface area contributed by atoms with Crippen molar-refractivity contribution < 1.29 is 14.6 Å². The minimum atomic E-state index is -0.597. The van der Waals surface area contributed by atoms with Crippen molar-refractivity contribution in [3.05, 3.63) is 41.4 Å². The molecule has 1 aliphatic heterocycles. The Bertz CT molecular complexity index is 1280. The van der Waals surface area contributed by atoms with Crippen LogP contribution < -0.4 is 0 Å². The average Bonchev–Trinajstić information content (AvgIpc) is 3.56. The molecule has 0 aromatic carbocycles. The lowest BCUT2D eigenvalue weighted by molar-refractivity contribution is -0.200. The van der Waals surface area contributed by atoms with Gasteiger partial charge in [-0.3, -0.25) is 9.48 Å². The van der Waals surface area contributed by atoms with Crippen molar-refractivity contribution in [2.75, 3.05) is 13.2 Å². The minimum absolute atomic E-state index is 0.000983. The van der Waals surface area contributed by atoms with Crippen molar-refractivity contribution in [3.63, 3.8) is 0 Å². The minimum Gasteiger partial charge on any atom is -0.481 e. The van der Waals surface area contributed by atoms with E-state index in [-0.39, 0.29) is 33.5 Å². The number of thiophene rings is 1. The molecule has 38 heavy (non-hydrogen) atoms. The second-order valence-electron chi connectivity index (χ2n) is 14.2. The molecule has 4 aliphatic carbocycles. The summed E-state index contributed by atoms with van der Waals surface area (Å²) in [4.78, 5) is 13.9. The second kappa shape index (κ2) is 8.30. The summed E-state index contributed by atoms with van der Waals surface area (Å²) in [5.74, 6) is 0.408. The Morgan fingerprint density at radius 2 is 1.97 bits per heavy atom. The zero-order chi connectivity index (χ0) is 26.5. The summed E-state index contributed by atoms with van der Waals surface area (Å²) in [5.41, 5.74) is 2.78. The molecule has 0 spiro atoms. The highest BCUT2D eigenvalue weighted by atomic mass is 32.1. The summed E-state index contributed by atoms with van der Waals surface area (Å²) in [6, 6.07) is 6.85. The Morgan fingerprint density at radius 3 is 2.74 bits per heavy atom. The summed E-state index contributed by atoms with van der Waals surface area (Å²) in [7, 11) is 0. The predicted octanol–water partition coefficient (Wildman–Crippen LogP) is 7.47. The molecule has 204 valence electrons. The van der Waals surface area contributed by atoms with Crippen LogP contribution in [0, 0.1) is 45.3 Å². The number of ether oxygens (including phenoxy) is 1. The number of allylic oxidation sites excluding steroid dienone is 1. The van der Waals surface area contributed by atoms with Crippen molar-refractivity contribution in [2.45, 2.75) is 78.7 Å². The summed E-state index contributed by atoms with van der Waals surface area (Å²) >= 11 is 1.79. The third-order valence-corrected chi connectivity index (χ3v) is 13.4. The number of hydrogen-bond donors (Lipinski definition) is 1. The summed E-state index contributed by atoms with van der Waals surface area (Å²) in [6.45, 7) is 11.0. The lowest BCUT2D eigenvalue weighted by Crippen LogP contribution is -2.64. The van der Waals surface area contributed by atoms with Crippen molar-refractivity contribution in [1.82, 2.24) is 9.78 Å². The third-order valence-electron chi connectivity index (χ3n) is 12.5. The van der Waals surface area contributed by atoms with E-state index in [1.54, 1.807) is 16.9 Å². The highest BCUT2D eigenvalue weighted by Gasteiger charge is 2.68. The number of carbonyl (C=O) groups is 1. The number of carboxylic acids is 1. The van der Waals surface area contributed by atoms with Gasteiger partial charge < -0.3 is 9.84 Å². The zero-order valence-electron chi connectivity index (χ0n) is 23.3. The van der Waals surface area contributed by atoms with Gasteiger partial charge in [-0.25, -0.2) is 0 Å². The molecule has 2 aromatic heterocycles. The van der Waals surface area contributed by atoms with Gasteiger partial charge in [0, 0.05) is 11.6 Å². The molecule has 0 amide bonds. The molecular formula is C32H42N2O3S. The maximum Gasteiger partial charge on any atom is 0.307 e. The maximum atomic E-state index is 12.6.